The normalized spacial score (nSPS) is 11.6. The molecule has 0 aromatic carbocycles. The Labute approximate surface area is 207 Å². The molecule has 0 saturated heterocycles. The number of aldehydes is 1. The van der Waals surface area contributed by atoms with Crippen LogP contribution in [0.5, 0.6) is 0 Å². The minimum atomic E-state index is -0.559. The number of nitrogens with one attached hydrogen (secondary N) is 2. The fourth-order valence-electron chi connectivity index (χ4n) is 1.83. The molecule has 0 aliphatic carbocycles. The zero-order chi connectivity index (χ0) is 18.5. The summed E-state index contributed by atoms with van der Waals surface area (Å²) in [5.74, 6) is 0.725. The summed E-state index contributed by atoms with van der Waals surface area (Å²) >= 11 is 0. The Hall–Kier alpha value is 1.72. The number of carbonyl (C=O) groups excluding carboxylic acids is 1. The first kappa shape index (κ1) is 37.5. The van der Waals surface area contributed by atoms with Crippen molar-refractivity contribution < 1.29 is 70.2 Å². The van der Waals surface area contributed by atoms with Gasteiger partial charge in [-0.1, -0.05) is 65.8 Å². The van der Waals surface area contributed by atoms with E-state index in [4.69, 9.17) is 22.9 Å². The van der Waals surface area contributed by atoms with Crippen molar-refractivity contribution in [2.45, 2.75) is 91.1 Å². The van der Waals surface area contributed by atoms with Gasteiger partial charge in [0, 0.05) is 71.5 Å². The number of nitrogens with two attached hydrogens (primary N) is 2. The molecule has 0 heterocycles. The van der Waals surface area contributed by atoms with E-state index in [1.807, 2.05) is 0 Å². The van der Waals surface area contributed by atoms with Crippen LogP contribution in [0, 0.1) is 5.92 Å². The van der Waals surface area contributed by atoms with E-state index in [0.717, 1.165) is 44.6 Å². The maximum Gasteiger partial charge on any atom is 0.102 e. The third-order valence-corrected chi connectivity index (χ3v) is 2.91. The predicted octanol–water partition coefficient (Wildman–Crippen LogP) is 4.73. The van der Waals surface area contributed by atoms with E-state index in [1.54, 1.807) is 0 Å². The van der Waals surface area contributed by atoms with Gasteiger partial charge >= 0.3 is 0 Å². The molecule has 0 bridgehead atoms. The maximum atomic E-state index is 9.86. The Balaban J connectivity index is -0.0000000870. The largest absolute Gasteiger partial charge is 0.677 e. The molecule has 0 fully saturated rings. The zero-order valence-corrected chi connectivity index (χ0v) is 22.8. The first-order valence-electron chi connectivity index (χ1n) is 9.15. The summed E-state index contributed by atoms with van der Waals surface area (Å²) in [4.78, 5) is 9.86. The quantitative estimate of drug-likeness (QED) is 0.311. The van der Waals surface area contributed by atoms with Crippen LogP contribution in [0.15, 0.2) is 0 Å². The molecule has 6 N–H and O–H groups in total. The van der Waals surface area contributed by atoms with Crippen LogP contribution in [-0.4, -0.2) is 31.5 Å². The molecule has 148 valence electrons. The third kappa shape index (κ3) is 46.1. The summed E-state index contributed by atoms with van der Waals surface area (Å²) in [6.45, 7) is 9.88. The van der Waals surface area contributed by atoms with Crippen LogP contribution in [0.2, 0.25) is 0 Å². The Kier molecular flexibility index (Phi) is 49.9. The molecule has 0 amide bonds. The second-order valence-corrected chi connectivity index (χ2v) is 6.37. The predicted molar refractivity (Wildman–Crippen MR) is 104 cm³/mol. The Bertz CT molecular complexity index is 223. The molecular formula is C18H42N4OY2-2. The maximum absolute atomic E-state index is 9.86. The first-order chi connectivity index (χ1) is 10.9. The van der Waals surface area contributed by atoms with Crippen molar-refractivity contribution in [3.63, 3.8) is 0 Å². The molecule has 0 aromatic rings. The van der Waals surface area contributed by atoms with E-state index < -0.39 is 6.04 Å². The van der Waals surface area contributed by atoms with Gasteiger partial charge in [-0.3, -0.25) is 0 Å². The van der Waals surface area contributed by atoms with Crippen molar-refractivity contribution >= 4 is 6.29 Å². The summed E-state index contributed by atoms with van der Waals surface area (Å²) < 4.78 is 0. The van der Waals surface area contributed by atoms with Crippen molar-refractivity contribution in [1.29, 1.82) is 0 Å². The average Bonchev–Trinajstić information content (AvgIpc) is 2.48. The van der Waals surface area contributed by atoms with E-state index >= 15 is 0 Å². The summed E-state index contributed by atoms with van der Waals surface area (Å²) in [7, 11) is 0. The average molecular weight is 508 g/mol. The number of rotatable bonds is 11. The summed E-state index contributed by atoms with van der Waals surface area (Å²) in [5.41, 5.74) is 25.0. The molecule has 25 heavy (non-hydrogen) atoms. The monoisotopic (exact) mass is 508 g/mol. The van der Waals surface area contributed by atoms with Gasteiger partial charge in [-0.2, -0.15) is 6.54 Å². The Morgan fingerprint density at radius 3 is 1.84 bits per heavy atom. The molecule has 2 atom stereocenters. The van der Waals surface area contributed by atoms with E-state index in [9.17, 15) is 4.79 Å². The Morgan fingerprint density at radius 2 is 1.48 bits per heavy atom. The smallest absolute Gasteiger partial charge is 0.102 e. The molecule has 7 heteroatoms. The van der Waals surface area contributed by atoms with Crippen molar-refractivity contribution in [1.82, 2.24) is 0 Å². The second-order valence-electron chi connectivity index (χ2n) is 6.37. The van der Waals surface area contributed by atoms with Crippen molar-refractivity contribution in [3.8, 4) is 0 Å². The van der Waals surface area contributed by atoms with Crippen LogP contribution in [0.4, 0.5) is 0 Å². The van der Waals surface area contributed by atoms with E-state index in [-0.39, 0.29) is 65.4 Å². The molecule has 0 aliphatic rings. The van der Waals surface area contributed by atoms with E-state index in [2.05, 4.69) is 27.7 Å². The van der Waals surface area contributed by atoms with Gasteiger partial charge in [0.25, 0.3) is 0 Å². The molecule has 0 spiro atoms. The van der Waals surface area contributed by atoms with Crippen LogP contribution in [0.3, 0.4) is 0 Å². The number of carbonyl (C=O) groups is 1. The molecule has 0 aliphatic heterocycles. The number of hydrogen-bond acceptors (Lipinski definition) is 3. The Morgan fingerprint density at radius 1 is 1.00 bits per heavy atom. The molecular weight excluding hydrogens is 466 g/mol. The zero-order valence-electron chi connectivity index (χ0n) is 17.1. The van der Waals surface area contributed by atoms with Crippen LogP contribution in [0.25, 0.3) is 11.5 Å². The van der Waals surface area contributed by atoms with Gasteiger partial charge in [0.15, 0.2) is 0 Å². The van der Waals surface area contributed by atoms with Crippen molar-refractivity contribution in [3.05, 3.63) is 11.5 Å². The van der Waals surface area contributed by atoms with Gasteiger partial charge in [0.05, 0.1) is 0 Å². The molecule has 2 unspecified atom stereocenters. The fraction of sp³-hybridized carbons (Fsp3) is 0.944. The van der Waals surface area contributed by atoms with E-state index in [1.165, 1.54) is 12.8 Å². The van der Waals surface area contributed by atoms with Crippen LogP contribution in [-0.2, 0) is 70.2 Å². The first-order valence-corrected chi connectivity index (χ1v) is 9.15. The van der Waals surface area contributed by atoms with Crippen molar-refractivity contribution in [2.75, 3.05) is 13.1 Å². The molecule has 5 nitrogen and oxygen atoms in total. The van der Waals surface area contributed by atoms with Gasteiger partial charge in [-0.05, 0) is 31.7 Å². The second kappa shape index (κ2) is 33.3. The van der Waals surface area contributed by atoms with E-state index in [0.29, 0.717) is 25.3 Å². The minimum absolute atomic E-state index is 0. The van der Waals surface area contributed by atoms with Gasteiger partial charge in [0.1, 0.15) is 6.29 Å². The summed E-state index contributed by atoms with van der Waals surface area (Å²) in [6, 6.07) is -0.168. The summed E-state index contributed by atoms with van der Waals surface area (Å²) in [6.07, 6.45) is 8.72. The number of hydrogen-bond donors (Lipinski definition) is 2. The van der Waals surface area contributed by atoms with Gasteiger partial charge < -0.3 is 27.7 Å². The topological polar surface area (TPSA) is 117 Å². The van der Waals surface area contributed by atoms with Gasteiger partial charge in [-0.25, -0.2) is 0 Å². The standard InChI is InChI=1S/C9H22N2.C6H12N2O.C3H8.2Y/c1-8(2)7-9(11)5-3-4-6-10;7-4-2-1-3-6(8)5-9;1-3-2;;/h8-9H,3-7,10-11H2,1-2H3;5-8H,1-4H2;3H2,1-2H3;;/q;-2;;;. The van der Waals surface area contributed by atoms with Crippen LogP contribution >= 0.6 is 0 Å². The molecule has 0 saturated carbocycles. The SMILES string of the molecule is CC(C)CC(N)CCCCN.CCC.[NH-]CCCCC([NH-])C=O.[Y].[Y]. The van der Waals surface area contributed by atoms with Crippen LogP contribution < -0.4 is 11.5 Å². The van der Waals surface area contributed by atoms with Crippen LogP contribution in [0.1, 0.15) is 79.1 Å². The van der Waals surface area contributed by atoms with Gasteiger partial charge in [0.2, 0.25) is 0 Å². The third-order valence-electron chi connectivity index (χ3n) is 2.91. The number of unbranched alkanes of at least 4 members (excludes halogenated alkanes) is 2. The molecule has 2 radical (unpaired) electrons. The molecule has 0 rings (SSSR count). The summed E-state index contributed by atoms with van der Waals surface area (Å²) in [5, 5.41) is 0. The van der Waals surface area contributed by atoms with Crippen molar-refractivity contribution in [2.24, 2.45) is 17.4 Å². The fourth-order valence-corrected chi connectivity index (χ4v) is 1.83. The molecule has 0 aromatic heterocycles. The van der Waals surface area contributed by atoms with Gasteiger partial charge in [-0.15, -0.1) is 0 Å². The minimum Gasteiger partial charge on any atom is -0.677 e.